The Hall–Kier alpha value is -1.57. The van der Waals surface area contributed by atoms with Crippen molar-refractivity contribution in [3.8, 4) is 0 Å². The fourth-order valence-electron chi connectivity index (χ4n) is 1.63. The van der Waals surface area contributed by atoms with Gasteiger partial charge in [-0.1, -0.05) is 12.1 Å². The van der Waals surface area contributed by atoms with E-state index in [1.165, 1.54) is 29.0 Å². The number of carbonyl (C=O) groups is 1. The van der Waals surface area contributed by atoms with Crippen LogP contribution in [0.25, 0.3) is 0 Å². The van der Waals surface area contributed by atoms with Crippen LogP contribution in [0.1, 0.15) is 16.2 Å². The summed E-state index contributed by atoms with van der Waals surface area (Å²) in [4.78, 5) is 28.0. The number of benzene rings is 1. The molecule has 1 heterocycles. The summed E-state index contributed by atoms with van der Waals surface area (Å²) in [6.45, 7) is 1.51. The second kappa shape index (κ2) is 5.60. The minimum atomic E-state index is -0.476. The Balaban J connectivity index is 2.35. The average molecular weight is 372 g/mol. The minimum absolute atomic E-state index is 0.141. The molecule has 0 spiro atoms. The van der Waals surface area contributed by atoms with Crippen molar-refractivity contribution in [2.45, 2.75) is 13.5 Å². The predicted molar refractivity (Wildman–Crippen MR) is 76.7 cm³/mol. The van der Waals surface area contributed by atoms with Crippen LogP contribution >= 0.6 is 22.6 Å². The number of rotatable bonds is 3. The molecule has 0 amide bonds. The van der Waals surface area contributed by atoms with E-state index in [1.54, 1.807) is 6.92 Å². The maximum Gasteiger partial charge on any atom is 0.267 e. The Kier molecular flexibility index (Phi) is 4.08. The molecule has 1 aromatic heterocycles. The molecule has 0 atom stereocenters. The maximum absolute atomic E-state index is 13.1. The molecule has 2 aromatic rings. The highest BCUT2D eigenvalue weighted by Crippen LogP contribution is 2.06. The highest BCUT2D eigenvalue weighted by Gasteiger charge is 2.12. The van der Waals surface area contributed by atoms with Gasteiger partial charge in [-0.3, -0.25) is 14.2 Å². The maximum atomic E-state index is 13.1. The van der Waals surface area contributed by atoms with Gasteiger partial charge in [0.2, 0.25) is 0 Å². The van der Waals surface area contributed by atoms with E-state index in [4.69, 9.17) is 0 Å². The number of carbonyl (C=O) groups excluding carboxylic acids is 1. The Labute approximate surface area is 122 Å². The smallest absolute Gasteiger partial charge is 0.267 e. The third kappa shape index (κ3) is 3.06. The Morgan fingerprint density at radius 3 is 2.89 bits per heavy atom. The van der Waals surface area contributed by atoms with Gasteiger partial charge in [0.25, 0.3) is 5.56 Å². The first-order valence-electron chi connectivity index (χ1n) is 5.50. The van der Waals surface area contributed by atoms with Crippen LogP contribution in [0.15, 0.2) is 35.3 Å². The van der Waals surface area contributed by atoms with Gasteiger partial charge >= 0.3 is 0 Å². The first kappa shape index (κ1) is 13.9. The Morgan fingerprint density at radius 1 is 1.47 bits per heavy atom. The van der Waals surface area contributed by atoms with Gasteiger partial charge in [-0.15, -0.1) is 0 Å². The first-order valence-corrected chi connectivity index (χ1v) is 6.57. The van der Waals surface area contributed by atoms with E-state index >= 15 is 0 Å². The zero-order valence-electron chi connectivity index (χ0n) is 10.1. The lowest BCUT2D eigenvalue weighted by Gasteiger charge is -2.08. The monoisotopic (exact) mass is 372 g/mol. The highest BCUT2D eigenvalue weighted by atomic mass is 127. The summed E-state index contributed by atoms with van der Waals surface area (Å²) in [5.74, 6) is -0.348. The van der Waals surface area contributed by atoms with Gasteiger partial charge in [0, 0.05) is 11.8 Å². The summed E-state index contributed by atoms with van der Waals surface area (Å²) in [6.07, 6.45) is 1.46. The number of halogens is 2. The van der Waals surface area contributed by atoms with Crippen molar-refractivity contribution in [2.75, 3.05) is 0 Å². The topological polar surface area (TPSA) is 52.0 Å². The molecule has 19 heavy (non-hydrogen) atoms. The van der Waals surface area contributed by atoms with Crippen molar-refractivity contribution in [1.29, 1.82) is 0 Å². The van der Waals surface area contributed by atoms with Gasteiger partial charge in [-0.05, 0) is 41.6 Å². The Bertz CT molecular complexity index is 697. The van der Waals surface area contributed by atoms with Gasteiger partial charge in [-0.2, -0.15) is 0 Å². The van der Waals surface area contributed by atoms with Crippen LogP contribution in [0.2, 0.25) is 0 Å². The van der Waals surface area contributed by atoms with Crippen molar-refractivity contribution in [1.82, 2.24) is 9.55 Å². The van der Waals surface area contributed by atoms with Gasteiger partial charge in [-0.25, -0.2) is 9.37 Å². The van der Waals surface area contributed by atoms with Crippen molar-refractivity contribution >= 4 is 28.4 Å². The molecule has 0 aliphatic rings. The van der Waals surface area contributed by atoms with E-state index in [2.05, 4.69) is 4.98 Å². The summed E-state index contributed by atoms with van der Waals surface area (Å²) in [7, 11) is 0. The molecule has 0 fully saturated rings. The molecule has 1 aromatic carbocycles. The molecule has 0 N–H and O–H groups in total. The number of hydrogen-bond donors (Lipinski definition) is 0. The largest absolute Gasteiger partial charge is 0.292 e. The number of aromatic nitrogens is 2. The van der Waals surface area contributed by atoms with E-state index in [-0.39, 0.29) is 23.5 Å². The van der Waals surface area contributed by atoms with Crippen LogP contribution < -0.4 is 5.56 Å². The van der Waals surface area contributed by atoms with Gasteiger partial charge in [0.15, 0.2) is 5.78 Å². The molecule has 0 aliphatic heterocycles. The number of Topliss-reactive ketones (excluding diaryl/α,β-unsaturated/α-hetero) is 1. The van der Waals surface area contributed by atoms with Crippen LogP contribution in [-0.4, -0.2) is 15.3 Å². The SMILES string of the molecule is Cc1ncc(I)c(=O)n1CC(=O)c1cccc(F)c1. The molecule has 0 unspecified atom stereocenters. The summed E-state index contributed by atoms with van der Waals surface area (Å²) in [6, 6.07) is 5.41. The molecule has 0 aliphatic carbocycles. The highest BCUT2D eigenvalue weighted by molar-refractivity contribution is 14.1. The lowest BCUT2D eigenvalue weighted by molar-refractivity contribution is 0.0969. The number of hydrogen-bond acceptors (Lipinski definition) is 3. The molecule has 0 saturated carbocycles. The van der Waals surface area contributed by atoms with Gasteiger partial charge < -0.3 is 0 Å². The molecular weight excluding hydrogens is 362 g/mol. The molecule has 6 heteroatoms. The van der Waals surface area contributed by atoms with Crippen LogP contribution in [0.3, 0.4) is 0 Å². The fourth-order valence-corrected chi connectivity index (χ4v) is 2.06. The third-order valence-corrected chi connectivity index (χ3v) is 3.39. The zero-order valence-corrected chi connectivity index (χ0v) is 12.2. The van der Waals surface area contributed by atoms with E-state index in [0.29, 0.717) is 9.39 Å². The summed E-state index contributed by atoms with van der Waals surface area (Å²) in [5, 5.41) is 0. The van der Waals surface area contributed by atoms with Crippen molar-refractivity contribution in [2.24, 2.45) is 0 Å². The standard InChI is InChI=1S/C13H10FIN2O2/c1-8-16-6-11(15)13(19)17(8)7-12(18)9-3-2-4-10(14)5-9/h2-6H,7H2,1H3. The zero-order chi connectivity index (χ0) is 14.0. The van der Waals surface area contributed by atoms with Crippen LogP contribution in [0.5, 0.6) is 0 Å². The number of aryl methyl sites for hydroxylation is 1. The lowest BCUT2D eigenvalue weighted by Crippen LogP contribution is -2.28. The van der Waals surface area contributed by atoms with Crippen LogP contribution in [0, 0.1) is 16.3 Å². The Morgan fingerprint density at radius 2 is 2.21 bits per heavy atom. The normalized spacial score (nSPS) is 10.5. The third-order valence-electron chi connectivity index (χ3n) is 2.65. The first-order chi connectivity index (χ1) is 8.99. The van der Waals surface area contributed by atoms with Crippen molar-refractivity contribution < 1.29 is 9.18 Å². The van der Waals surface area contributed by atoms with E-state index in [0.717, 1.165) is 6.07 Å². The van der Waals surface area contributed by atoms with E-state index < -0.39 is 5.82 Å². The predicted octanol–water partition coefficient (Wildman–Crippen LogP) is 2.18. The second-order valence-corrected chi connectivity index (χ2v) is 5.14. The van der Waals surface area contributed by atoms with Crippen molar-refractivity contribution in [3.05, 3.63) is 61.6 Å². The summed E-state index contributed by atoms with van der Waals surface area (Å²) >= 11 is 1.87. The molecule has 0 saturated heterocycles. The molecule has 98 valence electrons. The molecule has 2 rings (SSSR count). The number of nitrogens with zero attached hydrogens (tertiary/aromatic N) is 2. The second-order valence-electron chi connectivity index (χ2n) is 3.98. The molecule has 0 bridgehead atoms. The average Bonchev–Trinajstić information content (AvgIpc) is 2.39. The summed E-state index contributed by atoms with van der Waals surface area (Å²) < 4.78 is 14.8. The summed E-state index contributed by atoms with van der Waals surface area (Å²) in [5.41, 5.74) is -0.0250. The molecular formula is C13H10FIN2O2. The minimum Gasteiger partial charge on any atom is -0.292 e. The number of ketones is 1. The van der Waals surface area contributed by atoms with E-state index in [1.807, 2.05) is 22.6 Å². The van der Waals surface area contributed by atoms with Crippen LogP contribution in [0.4, 0.5) is 4.39 Å². The van der Waals surface area contributed by atoms with Crippen molar-refractivity contribution in [3.63, 3.8) is 0 Å². The van der Waals surface area contributed by atoms with E-state index in [9.17, 15) is 14.0 Å². The van der Waals surface area contributed by atoms with Crippen LogP contribution in [-0.2, 0) is 6.54 Å². The fraction of sp³-hybridized carbons (Fsp3) is 0.154. The van der Waals surface area contributed by atoms with Gasteiger partial charge in [0.05, 0.1) is 10.1 Å². The van der Waals surface area contributed by atoms with Gasteiger partial charge in [0.1, 0.15) is 11.6 Å². The quantitative estimate of drug-likeness (QED) is 0.613. The lowest BCUT2D eigenvalue weighted by atomic mass is 10.1. The molecule has 4 nitrogen and oxygen atoms in total. The molecule has 0 radical (unpaired) electrons.